The summed E-state index contributed by atoms with van der Waals surface area (Å²) < 4.78 is 49.5. The Morgan fingerprint density at radius 3 is 2.43 bits per heavy atom. The first-order valence-electron chi connectivity index (χ1n) is 6.90. The highest BCUT2D eigenvalue weighted by molar-refractivity contribution is 7.85. The fourth-order valence-electron chi connectivity index (χ4n) is 2.55. The molecule has 1 rings (SSSR count). The highest BCUT2D eigenvalue weighted by Gasteiger charge is 2.32. The Balaban J connectivity index is 2.72. The zero-order chi connectivity index (χ0) is 16.1. The maximum atomic E-state index is 13.9. The second-order valence-electron chi connectivity index (χ2n) is 5.87. The highest BCUT2D eigenvalue weighted by atomic mass is 32.2. The summed E-state index contributed by atoms with van der Waals surface area (Å²) in [7, 11) is -2.38. The van der Waals surface area contributed by atoms with Crippen molar-refractivity contribution in [2.24, 2.45) is 5.41 Å². The first kappa shape index (κ1) is 18.1. The monoisotopic (exact) mass is 318 g/mol. The fraction of sp³-hybridized carbons (Fsp3) is 0.600. The average molecular weight is 318 g/mol. The molecule has 1 atom stereocenters. The summed E-state index contributed by atoms with van der Waals surface area (Å²) in [6.45, 7) is 3.92. The molecular weight excluding hydrogens is 295 g/mol. The molecule has 0 saturated carbocycles. The van der Waals surface area contributed by atoms with E-state index in [1.165, 1.54) is 13.2 Å². The maximum absolute atomic E-state index is 13.9. The zero-order valence-corrected chi connectivity index (χ0v) is 13.5. The Hall–Kier alpha value is -0.980. The summed E-state index contributed by atoms with van der Waals surface area (Å²) in [6, 6.07) is 6.49. The maximum Gasteiger partial charge on any atom is 0.264 e. The smallest absolute Gasteiger partial charge is 0.264 e. The summed E-state index contributed by atoms with van der Waals surface area (Å²) in [5.41, 5.74) is 0.149. The number of benzene rings is 1. The molecule has 1 aromatic rings. The van der Waals surface area contributed by atoms with Gasteiger partial charge in [-0.1, -0.05) is 38.5 Å². The summed E-state index contributed by atoms with van der Waals surface area (Å²) in [5.74, 6) is -0.559. The molecule has 0 spiro atoms. The number of rotatable bonds is 8. The molecule has 1 unspecified atom stereocenters. The van der Waals surface area contributed by atoms with E-state index in [-0.39, 0.29) is 17.0 Å². The van der Waals surface area contributed by atoms with E-state index in [2.05, 4.69) is 0 Å². The van der Waals surface area contributed by atoms with E-state index < -0.39 is 16.2 Å². The molecule has 0 aliphatic carbocycles. The third-order valence-corrected chi connectivity index (χ3v) is 4.41. The summed E-state index contributed by atoms with van der Waals surface area (Å²) in [5, 5.41) is 0. The van der Waals surface area contributed by atoms with Gasteiger partial charge in [0, 0.05) is 12.7 Å². The first-order chi connectivity index (χ1) is 9.67. The fourth-order valence-corrected chi connectivity index (χ4v) is 3.12. The quantitative estimate of drug-likeness (QED) is 0.587. The van der Waals surface area contributed by atoms with Crippen LogP contribution in [0.15, 0.2) is 24.3 Å². The number of halogens is 1. The lowest BCUT2D eigenvalue weighted by Crippen LogP contribution is -2.25. The molecule has 0 heterocycles. The lowest BCUT2D eigenvalue weighted by atomic mass is 9.78. The molecule has 1 N–H and O–H groups in total. The number of hydrogen-bond acceptors (Lipinski definition) is 3. The van der Waals surface area contributed by atoms with Gasteiger partial charge in [-0.25, -0.2) is 4.39 Å². The van der Waals surface area contributed by atoms with E-state index in [0.717, 1.165) is 0 Å². The second kappa shape index (κ2) is 7.33. The van der Waals surface area contributed by atoms with Crippen LogP contribution in [0.4, 0.5) is 4.39 Å². The summed E-state index contributed by atoms with van der Waals surface area (Å²) in [4.78, 5) is 0. The lowest BCUT2D eigenvalue weighted by Gasteiger charge is -2.34. The minimum atomic E-state index is -3.92. The standard InChI is InChI=1S/C15H23FO4S/c1-15(2,10-6-7-11-21(17,18)19)14(20-3)12-8-4-5-9-13(12)16/h4-5,8-9,14H,6-7,10-11H2,1-3H3,(H,17,18,19). The topological polar surface area (TPSA) is 63.6 Å². The van der Waals surface area contributed by atoms with Crippen molar-refractivity contribution in [3.63, 3.8) is 0 Å². The number of hydrogen-bond donors (Lipinski definition) is 1. The highest BCUT2D eigenvalue weighted by Crippen LogP contribution is 2.40. The van der Waals surface area contributed by atoms with Crippen molar-refractivity contribution >= 4 is 10.1 Å². The van der Waals surface area contributed by atoms with Crippen LogP contribution in [0.25, 0.3) is 0 Å². The Morgan fingerprint density at radius 1 is 1.29 bits per heavy atom. The molecule has 6 heteroatoms. The van der Waals surface area contributed by atoms with Crippen LogP contribution in [-0.4, -0.2) is 25.8 Å². The zero-order valence-electron chi connectivity index (χ0n) is 12.7. The van der Waals surface area contributed by atoms with E-state index in [1.54, 1.807) is 18.2 Å². The van der Waals surface area contributed by atoms with Gasteiger partial charge in [-0.05, 0) is 24.3 Å². The first-order valence-corrected chi connectivity index (χ1v) is 8.50. The van der Waals surface area contributed by atoms with Crippen LogP contribution in [0.2, 0.25) is 0 Å². The molecular formula is C15H23FO4S. The van der Waals surface area contributed by atoms with Crippen molar-refractivity contribution in [1.82, 2.24) is 0 Å². The van der Waals surface area contributed by atoms with Gasteiger partial charge in [-0.2, -0.15) is 8.42 Å². The van der Waals surface area contributed by atoms with Crippen LogP contribution < -0.4 is 0 Å². The van der Waals surface area contributed by atoms with Crippen LogP contribution in [0.1, 0.15) is 44.8 Å². The molecule has 0 aliphatic heterocycles. The van der Waals surface area contributed by atoms with Crippen LogP contribution in [0, 0.1) is 11.2 Å². The van der Waals surface area contributed by atoms with Crippen LogP contribution in [0.3, 0.4) is 0 Å². The van der Waals surface area contributed by atoms with Gasteiger partial charge < -0.3 is 4.74 Å². The van der Waals surface area contributed by atoms with Crippen molar-refractivity contribution in [2.45, 2.75) is 39.2 Å². The van der Waals surface area contributed by atoms with Crippen molar-refractivity contribution in [1.29, 1.82) is 0 Å². The molecule has 0 amide bonds. The van der Waals surface area contributed by atoms with Gasteiger partial charge in [0.05, 0.1) is 11.9 Å². The second-order valence-corrected chi connectivity index (χ2v) is 7.44. The third-order valence-electron chi connectivity index (χ3n) is 3.61. The molecule has 1 aromatic carbocycles. The van der Waals surface area contributed by atoms with Gasteiger partial charge in [-0.3, -0.25) is 4.55 Å². The number of unbranched alkanes of at least 4 members (excludes halogenated alkanes) is 1. The molecule has 21 heavy (non-hydrogen) atoms. The van der Waals surface area contributed by atoms with Gasteiger partial charge in [0.25, 0.3) is 10.1 Å². The Labute approximate surface area is 126 Å². The molecule has 4 nitrogen and oxygen atoms in total. The van der Waals surface area contributed by atoms with Crippen LogP contribution in [0.5, 0.6) is 0 Å². The normalized spacial score (nSPS) is 14.1. The molecule has 0 fully saturated rings. The summed E-state index contributed by atoms with van der Waals surface area (Å²) >= 11 is 0. The number of methoxy groups -OCH3 is 1. The van der Waals surface area contributed by atoms with E-state index in [4.69, 9.17) is 9.29 Å². The molecule has 0 bridgehead atoms. The number of ether oxygens (including phenoxy) is 1. The van der Waals surface area contributed by atoms with E-state index in [0.29, 0.717) is 24.8 Å². The van der Waals surface area contributed by atoms with E-state index >= 15 is 0 Å². The lowest BCUT2D eigenvalue weighted by molar-refractivity contribution is -0.00312. The van der Waals surface area contributed by atoms with Crippen molar-refractivity contribution in [3.05, 3.63) is 35.6 Å². The van der Waals surface area contributed by atoms with Gasteiger partial charge in [0.15, 0.2) is 0 Å². The minimum absolute atomic E-state index is 0.250. The third kappa shape index (κ3) is 5.73. The van der Waals surface area contributed by atoms with Crippen molar-refractivity contribution < 1.29 is 22.1 Å². The van der Waals surface area contributed by atoms with Gasteiger partial charge >= 0.3 is 0 Å². The Kier molecular flexibility index (Phi) is 6.31. The molecule has 0 radical (unpaired) electrons. The van der Waals surface area contributed by atoms with Crippen molar-refractivity contribution in [2.75, 3.05) is 12.9 Å². The SMILES string of the molecule is COC(c1ccccc1F)C(C)(C)CCCCS(=O)(=O)O. The molecule has 0 aliphatic rings. The molecule has 120 valence electrons. The van der Waals surface area contributed by atoms with E-state index in [1.807, 2.05) is 13.8 Å². The van der Waals surface area contributed by atoms with Gasteiger partial charge in [-0.15, -0.1) is 0 Å². The van der Waals surface area contributed by atoms with Crippen molar-refractivity contribution in [3.8, 4) is 0 Å². The molecule has 0 saturated heterocycles. The largest absolute Gasteiger partial charge is 0.376 e. The van der Waals surface area contributed by atoms with Crippen LogP contribution in [-0.2, 0) is 14.9 Å². The predicted molar refractivity (Wildman–Crippen MR) is 80.2 cm³/mol. The average Bonchev–Trinajstić information content (AvgIpc) is 2.36. The van der Waals surface area contributed by atoms with Gasteiger partial charge in [0.2, 0.25) is 0 Å². The Bertz CT molecular complexity index is 555. The van der Waals surface area contributed by atoms with Crippen LogP contribution >= 0.6 is 0 Å². The Morgan fingerprint density at radius 2 is 1.90 bits per heavy atom. The van der Waals surface area contributed by atoms with E-state index in [9.17, 15) is 12.8 Å². The summed E-state index contributed by atoms with van der Waals surface area (Å²) in [6.07, 6.45) is 1.23. The predicted octanol–water partition coefficient (Wildman–Crippen LogP) is 3.60. The molecule has 0 aromatic heterocycles. The van der Waals surface area contributed by atoms with Gasteiger partial charge in [0.1, 0.15) is 5.82 Å². The minimum Gasteiger partial charge on any atom is -0.376 e.